The number of nitrogens with zero attached hydrogens (tertiary/aromatic N) is 5. The van der Waals surface area contributed by atoms with Crippen molar-refractivity contribution in [1.29, 1.82) is 0 Å². The molecular formula is C91H113F4N17O21S. The molecule has 5 aromatic carbocycles. The number of aliphatic carboxylic acids is 2. The maximum atomic E-state index is 15.7. The molecule has 3 fully saturated rings. The molecule has 0 saturated carbocycles. The molecule has 1 aromatic heterocycles. The molecule has 15 amide bonds. The fraction of sp³-hybridized carbons (Fsp3) is 0.462. The monoisotopic (exact) mass is 1890 g/mol. The number of morpholine rings is 1. The number of ether oxygens (including phenoxy) is 1. The third-order valence-electron chi connectivity index (χ3n) is 23.4. The highest BCUT2D eigenvalue weighted by atomic mass is 32.2. The van der Waals surface area contributed by atoms with E-state index in [4.69, 9.17) is 16.2 Å². The molecule has 9 rings (SSSR count). The summed E-state index contributed by atoms with van der Waals surface area (Å²) in [5.41, 5.74) is 13.0. The molecule has 134 heavy (non-hydrogen) atoms. The van der Waals surface area contributed by atoms with Gasteiger partial charge in [0.2, 0.25) is 88.6 Å². The fourth-order valence-electron chi connectivity index (χ4n) is 16.0. The molecule has 0 aliphatic carbocycles. The third-order valence-corrected chi connectivity index (χ3v) is 24.4. The number of amides is 15. The summed E-state index contributed by atoms with van der Waals surface area (Å²) in [6, 6.07) is 3.66. The van der Waals surface area contributed by atoms with Gasteiger partial charge >= 0.3 is 11.9 Å². The number of carboxylic acids is 2. The predicted octanol–water partition coefficient (Wildman–Crippen LogP) is 0.404. The number of phenolic OH excluding ortho intramolecular Hbond substituents is 1. The number of likely N-dealkylation sites (N-methyl/N-ethyl adjacent to an activating group) is 3. The van der Waals surface area contributed by atoms with Gasteiger partial charge in [-0.25, -0.2) is 17.6 Å². The van der Waals surface area contributed by atoms with Crippen molar-refractivity contribution in [2.24, 2.45) is 17.4 Å². The van der Waals surface area contributed by atoms with Crippen molar-refractivity contribution in [3.63, 3.8) is 0 Å². The molecule has 3 aliphatic rings. The number of carboxylic acid groups (broad SMARTS) is 2. The average molecular weight is 1890 g/mol. The number of unbranched alkanes of at least 4 members (excludes halogenated alkanes) is 1. The number of phenols is 1. The topological polar surface area (TPSA) is 552 Å². The quantitative estimate of drug-likeness (QED) is 0.0288. The van der Waals surface area contributed by atoms with E-state index >= 15 is 51.9 Å². The van der Waals surface area contributed by atoms with Gasteiger partial charge in [-0.1, -0.05) is 106 Å². The van der Waals surface area contributed by atoms with Crippen molar-refractivity contribution in [3.8, 4) is 5.75 Å². The minimum atomic E-state index is -2.00. The second kappa shape index (κ2) is 49.2. The van der Waals surface area contributed by atoms with Crippen molar-refractivity contribution in [2.75, 3.05) is 72.0 Å². The van der Waals surface area contributed by atoms with Crippen molar-refractivity contribution in [3.05, 3.63) is 173 Å². The van der Waals surface area contributed by atoms with Crippen LogP contribution in [0.4, 0.5) is 17.6 Å². The van der Waals surface area contributed by atoms with Crippen LogP contribution in [0.15, 0.2) is 121 Å². The maximum absolute atomic E-state index is 15.7. The van der Waals surface area contributed by atoms with Gasteiger partial charge in [0.25, 0.3) is 0 Å². The average Bonchev–Trinajstić information content (AvgIpc) is 1.71. The second-order valence-electron chi connectivity index (χ2n) is 33.4. The number of nitrogens with one attached hydrogen (secondary N) is 10. The van der Waals surface area contributed by atoms with E-state index in [1.54, 1.807) is 67.7 Å². The van der Waals surface area contributed by atoms with Gasteiger partial charge in [0, 0.05) is 95.6 Å². The van der Waals surface area contributed by atoms with Crippen LogP contribution >= 0.6 is 11.8 Å². The van der Waals surface area contributed by atoms with E-state index in [2.05, 4.69) is 52.8 Å². The molecule has 722 valence electrons. The summed E-state index contributed by atoms with van der Waals surface area (Å²) in [4.78, 5) is 257. The Balaban J connectivity index is 1.14. The Bertz CT molecular complexity index is 5230. The van der Waals surface area contributed by atoms with Crippen molar-refractivity contribution < 1.29 is 119 Å². The molecule has 38 nitrogen and oxygen atoms in total. The molecule has 17 N–H and O–H groups in total. The van der Waals surface area contributed by atoms with Gasteiger partial charge in [-0.05, 0) is 115 Å². The van der Waals surface area contributed by atoms with Crippen LogP contribution in [0.3, 0.4) is 0 Å². The minimum Gasteiger partial charge on any atom is -0.508 e. The van der Waals surface area contributed by atoms with E-state index in [1.165, 1.54) is 64.3 Å². The van der Waals surface area contributed by atoms with Crippen molar-refractivity contribution >= 4 is 123 Å². The molecule has 0 radical (unpaired) electrons. The van der Waals surface area contributed by atoms with Crippen LogP contribution in [0.5, 0.6) is 5.75 Å². The number of halogens is 4. The Morgan fingerprint density at radius 1 is 0.545 bits per heavy atom. The van der Waals surface area contributed by atoms with Gasteiger partial charge in [0.05, 0.1) is 31.9 Å². The smallest absolute Gasteiger partial charge is 0.305 e. The van der Waals surface area contributed by atoms with E-state index < -0.39 is 283 Å². The van der Waals surface area contributed by atoms with Crippen LogP contribution < -0.4 is 59.3 Å². The zero-order valence-corrected chi connectivity index (χ0v) is 75.5. The summed E-state index contributed by atoms with van der Waals surface area (Å²) >= 11 is 0.607. The molecule has 3 saturated heterocycles. The highest BCUT2D eigenvalue weighted by molar-refractivity contribution is 8.00. The predicted molar refractivity (Wildman–Crippen MR) is 477 cm³/mol. The zero-order chi connectivity index (χ0) is 97.9. The van der Waals surface area contributed by atoms with Crippen LogP contribution in [-0.4, -0.2) is 296 Å². The molecule has 43 heteroatoms. The zero-order valence-electron chi connectivity index (χ0n) is 74.7. The molecule has 13 atom stereocenters. The summed E-state index contributed by atoms with van der Waals surface area (Å²) in [6.07, 6.45) is -3.22. The largest absolute Gasteiger partial charge is 0.508 e. The van der Waals surface area contributed by atoms with E-state index in [9.17, 15) is 62.5 Å². The number of H-pyrrole nitrogens is 1. The van der Waals surface area contributed by atoms with Crippen molar-refractivity contribution in [2.45, 2.75) is 189 Å². The number of hydrogen-bond acceptors (Lipinski definition) is 21. The fourth-order valence-corrected chi connectivity index (χ4v) is 16.8. The van der Waals surface area contributed by atoms with E-state index in [0.29, 0.717) is 57.9 Å². The second-order valence-corrected chi connectivity index (χ2v) is 34.4. The van der Waals surface area contributed by atoms with Crippen LogP contribution in [0.2, 0.25) is 0 Å². The van der Waals surface area contributed by atoms with Crippen LogP contribution in [0.25, 0.3) is 10.9 Å². The molecule has 0 spiro atoms. The first-order chi connectivity index (χ1) is 63.7. The SMILES string of the molecule is CCCC[C@H]1C(=O)N2CCC[C@@H]2C(=O)N[C@@H](CC(=O)O)C(=O)N[C@@H](C(C)C)C(=O)N(C)[C@@H](Cc2ccccc2)C(=O)N[C@@H](CCC(=O)O)C(=O)N2CCOC[C@@H]2C(=O)N[C@@H](Cc2c[nH]c3ccccc23)C(=O)N[C@@H](Cc2ccc(O)cc2)C(=O)N[C@@H](CCN)C(=O)N[C@H](C(=O)NCC(N)=O)CSCC(=O)N[C@@H](Cc2cc(F)c(F)c(F)c2)C(=O)N(C)[C@@H](Cc2ccc(F)cc2)C(=O)N1C. The Morgan fingerprint density at radius 3 is 1.75 bits per heavy atom. The lowest BCUT2D eigenvalue weighted by Gasteiger charge is -2.38. The number of aromatic amines is 1. The van der Waals surface area contributed by atoms with Crippen LogP contribution in [0.1, 0.15) is 106 Å². The molecular weight excluding hydrogens is 1780 g/mol. The Kier molecular flexibility index (Phi) is 38.3. The number of benzene rings is 5. The Hall–Kier alpha value is -13.6. The molecule has 0 unspecified atom stereocenters. The lowest BCUT2D eigenvalue weighted by molar-refractivity contribution is -0.152. The number of hydrogen-bond donors (Lipinski definition) is 15. The molecule has 6 aromatic rings. The number of fused-ring (bicyclic) bond motifs is 3. The van der Waals surface area contributed by atoms with E-state index in [-0.39, 0.29) is 76.1 Å². The van der Waals surface area contributed by atoms with E-state index in [1.807, 2.05) is 0 Å². The first-order valence-corrected chi connectivity index (χ1v) is 44.8. The van der Waals surface area contributed by atoms with Gasteiger partial charge < -0.3 is 109 Å². The normalized spacial score (nSPS) is 23.5. The summed E-state index contributed by atoms with van der Waals surface area (Å²) in [6.45, 7) is 2.25. The highest BCUT2D eigenvalue weighted by Crippen LogP contribution is 2.28. The number of primary amides is 1. The van der Waals surface area contributed by atoms with Gasteiger partial charge in [-0.2, -0.15) is 0 Å². The number of rotatable bonds is 24. The van der Waals surface area contributed by atoms with Gasteiger partial charge in [-0.3, -0.25) is 81.5 Å². The van der Waals surface area contributed by atoms with Crippen LogP contribution in [0, 0.1) is 29.2 Å². The van der Waals surface area contributed by atoms with Crippen LogP contribution in [-0.2, 0) is 118 Å². The lowest BCUT2D eigenvalue weighted by atomic mass is 9.98. The number of nitrogens with two attached hydrogens (primary N) is 2. The lowest BCUT2D eigenvalue weighted by Crippen LogP contribution is -2.64. The molecule has 4 heterocycles. The summed E-state index contributed by atoms with van der Waals surface area (Å²) in [5, 5.41) is 54.3. The van der Waals surface area contributed by atoms with E-state index in [0.717, 1.165) is 43.7 Å². The number of aromatic nitrogens is 1. The summed E-state index contributed by atoms with van der Waals surface area (Å²) in [5.74, 6) is -27.5. The standard InChI is InChI=1S/C91H113F4N17O21S/c1-7-8-19-69-90(131)111-33-14-20-68(111)84(125)105-65(43-76(118)119)83(124)107-78(49(2)3)91(132)109(5)70(40-50-15-10-9-11-16-50)85(126)102-62(29-30-75(116)117)88(129)112-34-35-133-46-72(112)86(127)104-64(42-54-44-98-60-18-13-12-17-57(54)60)82(123)103-63(38-51-23-27-56(113)28-24-51)81(122)101-61(31-32-96)80(121)106-67(79(120)99-45-73(97)114)47-134-48-74(115)100-66(39-53-36-58(93)77(95)59(94)37-53)87(128)110(6)71(89(130)108(69)4)41-52-21-25-55(92)26-22-52/h9-13,15-18,21-28,36-37,44,49,61-72,78,98,113H,7-8,14,19-20,29-35,38-43,45-48,96H2,1-6H3,(H2,97,114)(H,99,120)(H,100,115)(H,101,122)(H,102,126)(H,103,123)(H,104,127)(H,105,125)(H,106,121)(H,107,124)(H,116,117)(H,118,119)/t61-,62-,63-,64-,65-,66-,67-,68+,69-,70-,71-,72+,78-/m0/s1. The van der Waals surface area contributed by atoms with Gasteiger partial charge in [-0.15, -0.1) is 11.8 Å². The first kappa shape index (κ1) is 104. The number of aromatic hydroxyl groups is 1. The molecule has 3 aliphatic heterocycles. The number of para-hydroxylation sites is 1. The first-order valence-electron chi connectivity index (χ1n) is 43.7. The Labute approximate surface area is 773 Å². The third kappa shape index (κ3) is 28.7. The number of carbonyl (C=O) groups excluding carboxylic acids is 15. The summed E-state index contributed by atoms with van der Waals surface area (Å²) in [7, 11) is 3.53. The van der Waals surface area contributed by atoms with Gasteiger partial charge in [0.1, 0.15) is 90.1 Å². The van der Waals surface area contributed by atoms with Gasteiger partial charge in [0.15, 0.2) is 17.5 Å². The number of thioether (sulfide) groups is 1. The highest BCUT2D eigenvalue weighted by Gasteiger charge is 2.46. The maximum Gasteiger partial charge on any atom is 0.305 e. The number of carbonyl (C=O) groups is 17. The minimum absolute atomic E-state index is 0.0952. The Morgan fingerprint density at radius 2 is 1.10 bits per heavy atom. The van der Waals surface area contributed by atoms with Crippen molar-refractivity contribution in [1.82, 2.24) is 77.3 Å². The molecule has 0 bridgehead atoms. The summed E-state index contributed by atoms with van der Waals surface area (Å²) < 4.78 is 65.5.